The zero-order chi connectivity index (χ0) is 19.6. The summed E-state index contributed by atoms with van der Waals surface area (Å²) in [6, 6.07) is 9.68. The normalized spacial score (nSPS) is 24.5. The van der Waals surface area contributed by atoms with Gasteiger partial charge in [-0.1, -0.05) is 18.2 Å². The number of fused-ring (bicyclic) bond motifs is 2. The summed E-state index contributed by atoms with van der Waals surface area (Å²) in [6.07, 6.45) is 3.68. The molecule has 3 aliphatic heterocycles. The standard InChI is InChI=1S/C20H21N5O3/c1-4-24-12-20-14(10-11-28-20)25(13-8-6-5-7-9-13)21-16(20)15-17(24)22(2)19(27)23(3)18(15)26/h5-11,14H,4,12H2,1-3H3. The summed E-state index contributed by atoms with van der Waals surface area (Å²) >= 11 is 0. The lowest BCUT2D eigenvalue weighted by molar-refractivity contribution is 0.109. The van der Waals surface area contributed by atoms with Crippen molar-refractivity contribution in [2.45, 2.75) is 18.6 Å². The molecule has 0 saturated carbocycles. The van der Waals surface area contributed by atoms with Crippen LogP contribution in [0.4, 0.5) is 11.5 Å². The van der Waals surface area contributed by atoms with Crippen LogP contribution < -0.4 is 21.2 Å². The van der Waals surface area contributed by atoms with E-state index in [4.69, 9.17) is 9.84 Å². The Morgan fingerprint density at radius 1 is 1.18 bits per heavy atom. The van der Waals surface area contributed by atoms with Crippen LogP contribution in [0.5, 0.6) is 0 Å². The van der Waals surface area contributed by atoms with Crippen LogP contribution in [0.25, 0.3) is 0 Å². The zero-order valence-electron chi connectivity index (χ0n) is 16.0. The molecule has 1 aromatic heterocycles. The third-order valence-corrected chi connectivity index (χ3v) is 5.89. The molecular formula is C20H21N5O3. The van der Waals surface area contributed by atoms with E-state index in [1.54, 1.807) is 13.3 Å². The van der Waals surface area contributed by atoms with Crippen molar-refractivity contribution >= 4 is 17.2 Å². The number of para-hydroxylation sites is 1. The molecule has 2 aromatic rings. The highest BCUT2D eigenvalue weighted by atomic mass is 16.5. The van der Waals surface area contributed by atoms with Gasteiger partial charge in [0.15, 0.2) is 5.60 Å². The Hall–Kier alpha value is -3.29. The molecule has 1 aromatic carbocycles. The highest BCUT2D eigenvalue weighted by Crippen LogP contribution is 2.44. The van der Waals surface area contributed by atoms with Crippen molar-refractivity contribution in [2.75, 3.05) is 23.0 Å². The quantitative estimate of drug-likeness (QED) is 0.772. The third-order valence-electron chi connectivity index (χ3n) is 5.89. The SMILES string of the molecule is CCN1CC23OC=CC2N(c2ccccc2)N=C3c2c1n(C)c(=O)n(C)c2=O. The van der Waals surface area contributed by atoms with Crippen LogP contribution in [0.1, 0.15) is 12.5 Å². The van der Waals surface area contributed by atoms with Gasteiger partial charge in [-0.3, -0.25) is 18.9 Å². The van der Waals surface area contributed by atoms with Crippen molar-refractivity contribution in [3.8, 4) is 0 Å². The highest BCUT2D eigenvalue weighted by Gasteiger charge is 2.60. The molecule has 0 fully saturated rings. The average molecular weight is 379 g/mol. The van der Waals surface area contributed by atoms with Gasteiger partial charge >= 0.3 is 5.69 Å². The summed E-state index contributed by atoms with van der Waals surface area (Å²) in [5, 5.41) is 6.77. The van der Waals surface area contributed by atoms with E-state index in [1.165, 1.54) is 11.6 Å². The summed E-state index contributed by atoms with van der Waals surface area (Å²) in [7, 11) is 3.19. The molecule has 2 atom stereocenters. The maximum absolute atomic E-state index is 13.2. The fourth-order valence-corrected chi connectivity index (χ4v) is 4.49. The predicted octanol–water partition coefficient (Wildman–Crippen LogP) is 0.799. The van der Waals surface area contributed by atoms with Crippen molar-refractivity contribution < 1.29 is 4.74 Å². The van der Waals surface area contributed by atoms with Crippen LogP contribution in [0.2, 0.25) is 0 Å². The Balaban J connectivity index is 1.82. The molecule has 5 rings (SSSR count). The number of rotatable bonds is 2. The number of aromatic nitrogens is 2. The maximum atomic E-state index is 13.2. The van der Waals surface area contributed by atoms with E-state index < -0.39 is 5.60 Å². The minimum Gasteiger partial charge on any atom is -0.484 e. The van der Waals surface area contributed by atoms with Crippen LogP contribution in [-0.4, -0.2) is 39.6 Å². The summed E-state index contributed by atoms with van der Waals surface area (Å²) < 4.78 is 8.81. The van der Waals surface area contributed by atoms with Gasteiger partial charge in [-0.25, -0.2) is 4.79 Å². The third kappa shape index (κ3) is 1.92. The molecule has 8 nitrogen and oxygen atoms in total. The Labute approximate surface area is 161 Å². The Kier molecular flexibility index (Phi) is 3.37. The van der Waals surface area contributed by atoms with Gasteiger partial charge < -0.3 is 9.64 Å². The predicted molar refractivity (Wildman–Crippen MR) is 107 cm³/mol. The summed E-state index contributed by atoms with van der Waals surface area (Å²) in [4.78, 5) is 27.7. The van der Waals surface area contributed by atoms with Gasteiger partial charge in [0.1, 0.15) is 23.1 Å². The number of hydrazone groups is 1. The smallest absolute Gasteiger partial charge is 0.332 e. The Morgan fingerprint density at radius 3 is 2.64 bits per heavy atom. The van der Waals surface area contributed by atoms with Gasteiger partial charge in [-0.15, -0.1) is 0 Å². The zero-order valence-corrected chi connectivity index (χ0v) is 16.0. The van der Waals surface area contributed by atoms with Crippen molar-refractivity contribution in [1.82, 2.24) is 9.13 Å². The number of hydrogen-bond donors (Lipinski definition) is 0. The molecule has 0 radical (unpaired) electrons. The van der Waals surface area contributed by atoms with Crippen molar-refractivity contribution in [1.29, 1.82) is 0 Å². The first-order valence-corrected chi connectivity index (χ1v) is 9.33. The van der Waals surface area contributed by atoms with Crippen molar-refractivity contribution in [3.63, 3.8) is 0 Å². The monoisotopic (exact) mass is 379 g/mol. The second-order valence-electron chi connectivity index (χ2n) is 7.33. The lowest BCUT2D eigenvalue weighted by atomic mass is 9.83. The van der Waals surface area contributed by atoms with Crippen LogP contribution in [-0.2, 0) is 18.8 Å². The van der Waals surface area contributed by atoms with Gasteiger partial charge in [-0.05, 0) is 25.1 Å². The first-order valence-electron chi connectivity index (χ1n) is 9.33. The molecule has 28 heavy (non-hydrogen) atoms. The molecule has 0 N–H and O–H groups in total. The summed E-state index contributed by atoms with van der Waals surface area (Å²) in [5.41, 5.74) is 0.474. The first-order chi connectivity index (χ1) is 13.5. The van der Waals surface area contributed by atoms with Crippen molar-refractivity contribution in [2.24, 2.45) is 19.2 Å². The number of ether oxygens (including phenoxy) is 1. The van der Waals surface area contributed by atoms with E-state index in [-0.39, 0.29) is 17.3 Å². The van der Waals surface area contributed by atoms with Crippen LogP contribution in [0, 0.1) is 0 Å². The minimum atomic E-state index is -0.775. The van der Waals surface area contributed by atoms with E-state index in [0.29, 0.717) is 30.2 Å². The number of benzene rings is 1. The Bertz CT molecular complexity index is 1150. The van der Waals surface area contributed by atoms with Crippen LogP contribution in [0.15, 0.2) is 57.4 Å². The second-order valence-corrected chi connectivity index (χ2v) is 7.33. The average Bonchev–Trinajstić information content (AvgIpc) is 3.26. The van der Waals surface area contributed by atoms with Gasteiger partial charge in [-0.2, -0.15) is 5.10 Å². The van der Waals surface area contributed by atoms with Gasteiger partial charge in [0.2, 0.25) is 0 Å². The molecular weight excluding hydrogens is 358 g/mol. The van der Waals surface area contributed by atoms with Gasteiger partial charge in [0.05, 0.1) is 18.5 Å². The molecule has 0 bridgehead atoms. The molecule has 0 saturated heterocycles. The lowest BCUT2D eigenvalue weighted by Gasteiger charge is -2.42. The molecule has 8 heteroatoms. The molecule has 0 amide bonds. The topological polar surface area (TPSA) is 72.1 Å². The fourth-order valence-electron chi connectivity index (χ4n) is 4.49. The second kappa shape index (κ2) is 5.60. The largest absolute Gasteiger partial charge is 0.484 e. The van der Waals surface area contributed by atoms with E-state index >= 15 is 0 Å². The number of nitrogens with zero attached hydrogens (tertiary/aromatic N) is 5. The maximum Gasteiger partial charge on any atom is 0.332 e. The van der Waals surface area contributed by atoms with Gasteiger partial charge in [0, 0.05) is 20.6 Å². The van der Waals surface area contributed by atoms with Crippen LogP contribution >= 0.6 is 0 Å². The van der Waals surface area contributed by atoms with Gasteiger partial charge in [0.25, 0.3) is 5.56 Å². The Morgan fingerprint density at radius 2 is 1.93 bits per heavy atom. The number of hydrogen-bond acceptors (Lipinski definition) is 6. The van der Waals surface area contributed by atoms with Crippen molar-refractivity contribution in [3.05, 3.63) is 69.1 Å². The van der Waals surface area contributed by atoms with E-state index in [2.05, 4.69) is 0 Å². The molecule has 2 unspecified atom stereocenters. The highest BCUT2D eigenvalue weighted by molar-refractivity contribution is 6.15. The van der Waals surface area contributed by atoms with E-state index in [1.807, 2.05) is 53.2 Å². The molecule has 1 spiro atoms. The number of likely N-dealkylation sites (N-methyl/N-ethyl adjacent to an activating group) is 1. The number of anilines is 2. The first kappa shape index (κ1) is 16.9. The minimum absolute atomic E-state index is 0.158. The van der Waals surface area contributed by atoms with E-state index in [0.717, 1.165) is 10.3 Å². The lowest BCUT2D eigenvalue weighted by Crippen LogP contribution is -2.61. The summed E-state index contributed by atoms with van der Waals surface area (Å²) in [5.74, 6) is 0.601. The molecule has 4 heterocycles. The fraction of sp³-hybridized carbons (Fsp3) is 0.350. The van der Waals surface area contributed by atoms with Crippen LogP contribution in [0.3, 0.4) is 0 Å². The molecule has 0 aliphatic carbocycles. The van der Waals surface area contributed by atoms with E-state index in [9.17, 15) is 9.59 Å². The molecule has 3 aliphatic rings. The molecule has 144 valence electrons. The summed E-state index contributed by atoms with van der Waals surface area (Å²) in [6.45, 7) is 3.16.